The average molecular weight is 493 g/mol. The van der Waals surface area contributed by atoms with Crippen LogP contribution in [0.5, 0.6) is 0 Å². The number of nitrogens with zero attached hydrogens (tertiary/aromatic N) is 1. The molecule has 6 nitrogen and oxygen atoms in total. The molecule has 0 atom stereocenters. The van der Waals surface area contributed by atoms with Gasteiger partial charge in [-0.1, -0.05) is 84.0 Å². The van der Waals surface area contributed by atoms with Crippen LogP contribution in [0.1, 0.15) is 48.1 Å². The Hall–Kier alpha value is -4.19. The topological polar surface area (TPSA) is 92.4 Å². The van der Waals surface area contributed by atoms with E-state index in [9.17, 15) is 14.7 Å². The van der Waals surface area contributed by atoms with E-state index in [2.05, 4.69) is 10.5 Å². The minimum Gasteiger partial charge on any atom is -0.481 e. The predicted molar refractivity (Wildman–Crippen MR) is 140 cm³/mol. The van der Waals surface area contributed by atoms with Crippen molar-refractivity contribution in [1.29, 1.82) is 0 Å². The fourth-order valence-electron chi connectivity index (χ4n) is 5.24. The number of aliphatic carboxylic acids is 1. The monoisotopic (exact) mass is 492 g/mol. The van der Waals surface area contributed by atoms with Gasteiger partial charge in [0.15, 0.2) is 5.76 Å². The van der Waals surface area contributed by atoms with Gasteiger partial charge in [-0.2, -0.15) is 0 Å². The summed E-state index contributed by atoms with van der Waals surface area (Å²) in [6.45, 7) is 2.24. The molecule has 3 aromatic carbocycles. The summed E-state index contributed by atoms with van der Waals surface area (Å²) in [5.74, 6) is -0.0485. The van der Waals surface area contributed by atoms with Crippen molar-refractivity contribution in [2.75, 3.05) is 0 Å². The standard InChI is InChI=1S/C31H28N2O4/c1-20-26(19-32-28(34)30(15-16-30)24-5-3-2-4-6-24)27(37-33-20)23-9-7-21(8-10-23)22-11-13-25(14-12-22)31(17-18-31)29(35)36/h2-14H,15-19H2,1H3,(H,32,34)(H,35,36). The van der Waals surface area contributed by atoms with Crippen molar-refractivity contribution in [3.05, 3.63) is 101 Å². The average Bonchev–Trinajstić information content (AvgIpc) is 3.86. The van der Waals surface area contributed by atoms with E-state index in [1.54, 1.807) is 0 Å². The summed E-state index contributed by atoms with van der Waals surface area (Å²) in [4.78, 5) is 24.7. The van der Waals surface area contributed by atoms with Crippen LogP contribution in [0.3, 0.4) is 0 Å². The van der Waals surface area contributed by atoms with E-state index in [-0.39, 0.29) is 5.91 Å². The number of rotatable bonds is 8. The maximum Gasteiger partial charge on any atom is 0.314 e. The Balaban J connectivity index is 1.17. The van der Waals surface area contributed by atoms with Gasteiger partial charge >= 0.3 is 5.97 Å². The van der Waals surface area contributed by atoms with E-state index in [4.69, 9.17) is 4.52 Å². The number of carbonyl (C=O) groups excluding carboxylic acids is 1. The van der Waals surface area contributed by atoms with Crippen molar-refractivity contribution in [1.82, 2.24) is 10.5 Å². The molecule has 1 aromatic heterocycles. The lowest BCUT2D eigenvalue weighted by molar-refractivity contribution is -0.140. The highest BCUT2D eigenvalue weighted by molar-refractivity contribution is 5.91. The number of aryl methyl sites for hydroxylation is 1. The lowest BCUT2D eigenvalue weighted by atomic mass is 9.93. The highest BCUT2D eigenvalue weighted by atomic mass is 16.5. The summed E-state index contributed by atoms with van der Waals surface area (Å²) in [6.07, 6.45) is 3.11. The van der Waals surface area contributed by atoms with Crippen LogP contribution in [0.15, 0.2) is 83.4 Å². The molecule has 0 radical (unpaired) electrons. The number of hydrogen-bond acceptors (Lipinski definition) is 4. The van der Waals surface area contributed by atoms with Gasteiger partial charge in [0.2, 0.25) is 5.91 Å². The number of nitrogens with one attached hydrogen (secondary N) is 1. The van der Waals surface area contributed by atoms with Crippen molar-refractivity contribution >= 4 is 11.9 Å². The number of carboxylic acids is 1. The van der Waals surface area contributed by atoms with E-state index in [1.807, 2.05) is 85.8 Å². The smallest absolute Gasteiger partial charge is 0.314 e. The number of carbonyl (C=O) groups is 2. The summed E-state index contributed by atoms with van der Waals surface area (Å²) in [6, 6.07) is 25.8. The van der Waals surface area contributed by atoms with Crippen molar-refractivity contribution in [2.24, 2.45) is 0 Å². The molecular weight excluding hydrogens is 464 g/mol. The van der Waals surface area contributed by atoms with Crippen LogP contribution >= 0.6 is 0 Å². The fraction of sp³-hybridized carbons (Fsp3) is 0.258. The normalized spacial score (nSPS) is 16.7. The molecule has 6 rings (SSSR count). The van der Waals surface area contributed by atoms with Gasteiger partial charge in [-0.3, -0.25) is 9.59 Å². The van der Waals surface area contributed by atoms with E-state index in [0.29, 0.717) is 25.1 Å². The van der Waals surface area contributed by atoms with Gasteiger partial charge in [-0.15, -0.1) is 0 Å². The van der Waals surface area contributed by atoms with E-state index in [1.165, 1.54) is 0 Å². The number of carboxylic acid groups (broad SMARTS) is 1. The third-order valence-electron chi connectivity index (χ3n) is 8.00. The zero-order chi connectivity index (χ0) is 25.6. The third kappa shape index (κ3) is 4.02. The molecule has 2 fully saturated rings. The summed E-state index contributed by atoms with van der Waals surface area (Å²) in [5, 5.41) is 16.8. The van der Waals surface area contributed by atoms with Gasteiger partial charge in [0.25, 0.3) is 0 Å². The van der Waals surface area contributed by atoms with Crippen molar-refractivity contribution in [3.63, 3.8) is 0 Å². The van der Waals surface area contributed by atoms with Crippen LogP contribution < -0.4 is 5.32 Å². The van der Waals surface area contributed by atoms with Crippen LogP contribution in [0.25, 0.3) is 22.5 Å². The second-order valence-corrected chi connectivity index (χ2v) is 10.2. The maximum absolute atomic E-state index is 13.1. The highest BCUT2D eigenvalue weighted by Crippen LogP contribution is 2.49. The zero-order valence-corrected chi connectivity index (χ0v) is 20.7. The minimum absolute atomic E-state index is 0.0416. The van der Waals surface area contributed by atoms with Crippen molar-refractivity contribution < 1.29 is 19.2 Å². The van der Waals surface area contributed by atoms with E-state index >= 15 is 0 Å². The number of aromatic nitrogens is 1. The molecule has 2 aliphatic rings. The van der Waals surface area contributed by atoms with Gasteiger partial charge < -0.3 is 14.9 Å². The molecule has 2 N–H and O–H groups in total. The minimum atomic E-state index is -0.744. The van der Waals surface area contributed by atoms with Gasteiger partial charge in [0.1, 0.15) is 0 Å². The van der Waals surface area contributed by atoms with Gasteiger partial charge in [0.05, 0.1) is 16.5 Å². The number of hydrogen-bond donors (Lipinski definition) is 2. The molecule has 0 bridgehead atoms. The Morgan fingerprint density at radius 1 is 0.811 bits per heavy atom. The zero-order valence-electron chi connectivity index (χ0n) is 20.7. The fourth-order valence-corrected chi connectivity index (χ4v) is 5.24. The van der Waals surface area contributed by atoms with Crippen molar-refractivity contribution in [2.45, 2.75) is 50.0 Å². The molecule has 186 valence electrons. The highest BCUT2D eigenvalue weighted by Gasteiger charge is 2.52. The number of amides is 1. The van der Waals surface area contributed by atoms with Crippen LogP contribution in [0.2, 0.25) is 0 Å². The predicted octanol–water partition coefficient (Wildman–Crippen LogP) is 5.78. The number of benzene rings is 3. The molecule has 2 aliphatic carbocycles. The second-order valence-electron chi connectivity index (χ2n) is 10.2. The second kappa shape index (κ2) is 8.73. The van der Waals surface area contributed by atoms with Crippen LogP contribution in [0, 0.1) is 6.92 Å². The molecule has 1 heterocycles. The molecule has 1 amide bonds. The molecule has 0 saturated heterocycles. The summed E-state index contributed by atoms with van der Waals surface area (Å²) < 4.78 is 5.67. The first-order valence-corrected chi connectivity index (χ1v) is 12.7. The van der Waals surface area contributed by atoms with Crippen LogP contribution in [-0.2, 0) is 27.0 Å². The van der Waals surface area contributed by atoms with Crippen LogP contribution in [-0.4, -0.2) is 22.1 Å². The Labute approximate surface area is 215 Å². The Kier molecular flexibility index (Phi) is 5.48. The molecular formula is C31H28N2O4. The molecule has 4 aromatic rings. The lowest BCUT2D eigenvalue weighted by Crippen LogP contribution is -2.34. The largest absolute Gasteiger partial charge is 0.481 e. The first kappa shape index (κ1) is 23.2. The first-order chi connectivity index (χ1) is 17.9. The van der Waals surface area contributed by atoms with E-state index in [0.717, 1.165) is 51.9 Å². The molecule has 2 saturated carbocycles. The molecule has 0 aliphatic heterocycles. The first-order valence-electron chi connectivity index (χ1n) is 12.7. The van der Waals surface area contributed by atoms with Crippen molar-refractivity contribution in [3.8, 4) is 22.5 Å². The SMILES string of the molecule is Cc1noc(-c2ccc(-c3ccc(C4(C(=O)O)CC4)cc3)cc2)c1CNC(=O)C1(c2ccccc2)CC1. The summed E-state index contributed by atoms with van der Waals surface area (Å²) in [5.41, 5.74) is 5.37. The lowest BCUT2D eigenvalue weighted by Gasteiger charge is -2.16. The maximum atomic E-state index is 13.1. The van der Waals surface area contributed by atoms with E-state index < -0.39 is 16.8 Å². The Morgan fingerprint density at radius 2 is 1.35 bits per heavy atom. The van der Waals surface area contributed by atoms with Gasteiger partial charge in [-0.25, -0.2) is 0 Å². The van der Waals surface area contributed by atoms with Gasteiger partial charge in [-0.05, 0) is 54.9 Å². The molecule has 0 unspecified atom stereocenters. The third-order valence-corrected chi connectivity index (χ3v) is 8.00. The van der Waals surface area contributed by atoms with Crippen LogP contribution in [0.4, 0.5) is 0 Å². The summed E-state index contributed by atoms with van der Waals surface area (Å²) >= 11 is 0. The summed E-state index contributed by atoms with van der Waals surface area (Å²) in [7, 11) is 0. The Bertz CT molecular complexity index is 1460. The van der Waals surface area contributed by atoms with Gasteiger partial charge in [0, 0.05) is 17.7 Å². The Morgan fingerprint density at radius 3 is 1.92 bits per heavy atom. The molecule has 6 heteroatoms. The molecule has 0 spiro atoms. The molecule has 37 heavy (non-hydrogen) atoms. The quantitative estimate of drug-likeness (QED) is 0.325.